The van der Waals surface area contributed by atoms with Gasteiger partial charge in [-0.3, -0.25) is 0 Å². The summed E-state index contributed by atoms with van der Waals surface area (Å²) < 4.78 is 38.6. The summed E-state index contributed by atoms with van der Waals surface area (Å²) in [7, 11) is -2.70. The molecule has 1 aromatic rings. The molecule has 1 aromatic carbocycles. The number of nitrogens with two attached hydrogens (primary N) is 1. The lowest BCUT2D eigenvalue weighted by Gasteiger charge is -2.25. The number of likely N-dealkylation sites (N-methyl/N-ethyl adjacent to an activating group) is 1. The van der Waals surface area contributed by atoms with Crippen LogP contribution in [0.5, 0.6) is 0 Å². The van der Waals surface area contributed by atoms with Gasteiger partial charge in [0.15, 0.2) is 0 Å². The van der Waals surface area contributed by atoms with Crippen LogP contribution in [0.2, 0.25) is 0 Å². The van der Waals surface area contributed by atoms with Crippen LogP contribution in [0, 0.1) is 5.82 Å². The highest BCUT2D eigenvalue weighted by molar-refractivity contribution is 7.89. The molecular formula is C11H17FN2O3S. The summed E-state index contributed by atoms with van der Waals surface area (Å²) in [5, 5.41) is 9.59. The van der Waals surface area contributed by atoms with Crippen LogP contribution >= 0.6 is 0 Å². The maximum Gasteiger partial charge on any atom is 0.245 e. The van der Waals surface area contributed by atoms with Crippen molar-refractivity contribution in [1.82, 2.24) is 4.31 Å². The smallest absolute Gasteiger partial charge is 0.245 e. The summed E-state index contributed by atoms with van der Waals surface area (Å²) in [5.74, 6) is -0.905. The monoisotopic (exact) mass is 276 g/mol. The number of aliphatic hydroxyl groups is 1. The first kappa shape index (κ1) is 14.9. The molecule has 3 N–H and O–H groups in total. The largest absolute Gasteiger partial charge is 0.399 e. The van der Waals surface area contributed by atoms with Crippen molar-refractivity contribution in [1.29, 1.82) is 0 Å². The van der Waals surface area contributed by atoms with Gasteiger partial charge >= 0.3 is 0 Å². The van der Waals surface area contributed by atoms with Gasteiger partial charge in [0.2, 0.25) is 10.0 Å². The van der Waals surface area contributed by atoms with E-state index in [1.807, 2.05) is 0 Å². The number of hydrogen-bond acceptors (Lipinski definition) is 4. The molecule has 5 nitrogen and oxygen atoms in total. The van der Waals surface area contributed by atoms with Crippen LogP contribution < -0.4 is 5.73 Å². The molecule has 102 valence electrons. The van der Waals surface area contributed by atoms with Crippen molar-refractivity contribution in [2.45, 2.75) is 24.3 Å². The molecule has 1 rings (SSSR count). The minimum absolute atomic E-state index is 0.140. The third-order valence-corrected chi connectivity index (χ3v) is 4.09. The lowest BCUT2D eigenvalue weighted by Crippen LogP contribution is -2.39. The highest BCUT2D eigenvalue weighted by atomic mass is 32.2. The summed E-state index contributed by atoms with van der Waals surface area (Å²) in [6.45, 7) is 2.80. The summed E-state index contributed by atoms with van der Waals surface area (Å²) in [6, 6.07) is 3.37. The number of nitrogen functional groups attached to an aromatic ring is 1. The van der Waals surface area contributed by atoms with Gasteiger partial charge in [-0.1, -0.05) is 0 Å². The quantitative estimate of drug-likeness (QED) is 0.797. The van der Waals surface area contributed by atoms with E-state index in [1.165, 1.54) is 27.0 Å². The standard InChI is InChI=1S/C11H17FN2O3S/c1-11(2,15)7-14(3)18(16,17)10-5-4-8(13)6-9(10)12/h4-6,15H,7,13H2,1-3H3. The first-order chi connectivity index (χ1) is 8.04. The molecule has 0 aliphatic heterocycles. The minimum atomic E-state index is -3.98. The van der Waals surface area contributed by atoms with E-state index in [-0.39, 0.29) is 12.2 Å². The Balaban J connectivity index is 3.14. The first-order valence-corrected chi connectivity index (χ1v) is 6.72. The molecule has 0 fully saturated rings. The Hall–Kier alpha value is -1.18. The van der Waals surface area contributed by atoms with Gasteiger partial charge in [-0.2, -0.15) is 4.31 Å². The Bertz CT molecular complexity index is 538. The second-order valence-corrected chi connectivity index (χ2v) is 6.78. The Morgan fingerprint density at radius 2 is 2.00 bits per heavy atom. The van der Waals surface area contributed by atoms with Crippen LogP contribution in [0.1, 0.15) is 13.8 Å². The number of hydrogen-bond donors (Lipinski definition) is 2. The van der Waals surface area contributed by atoms with Crippen molar-refractivity contribution >= 4 is 15.7 Å². The van der Waals surface area contributed by atoms with Crippen molar-refractivity contribution in [2.75, 3.05) is 19.3 Å². The predicted molar refractivity (Wildman–Crippen MR) is 66.9 cm³/mol. The first-order valence-electron chi connectivity index (χ1n) is 5.28. The fourth-order valence-electron chi connectivity index (χ4n) is 1.52. The Morgan fingerprint density at radius 1 is 1.44 bits per heavy atom. The molecule has 0 unspecified atom stereocenters. The number of halogens is 1. The second kappa shape index (κ2) is 4.83. The van der Waals surface area contributed by atoms with E-state index in [0.29, 0.717) is 0 Å². The average molecular weight is 276 g/mol. The van der Waals surface area contributed by atoms with Gasteiger partial charge in [0, 0.05) is 19.3 Å². The molecular weight excluding hydrogens is 259 g/mol. The zero-order valence-corrected chi connectivity index (χ0v) is 11.3. The van der Waals surface area contributed by atoms with Crippen LogP contribution in [-0.4, -0.2) is 37.0 Å². The minimum Gasteiger partial charge on any atom is -0.399 e. The van der Waals surface area contributed by atoms with Gasteiger partial charge in [0.1, 0.15) is 10.7 Å². The topological polar surface area (TPSA) is 83.6 Å². The van der Waals surface area contributed by atoms with Gasteiger partial charge < -0.3 is 10.8 Å². The molecule has 0 bridgehead atoms. The number of rotatable bonds is 4. The number of anilines is 1. The SMILES string of the molecule is CN(CC(C)(C)O)S(=O)(=O)c1ccc(N)cc1F. The zero-order valence-electron chi connectivity index (χ0n) is 10.5. The molecule has 0 aliphatic rings. The number of nitrogens with zero attached hydrogens (tertiary/aromatic N) is 1. The number of sulfonamides is 1. The summed E-state index contributed by atoms with van der Waals surface area (Å²) in [4.78, 5) is -0.455. The highest BCUT2D eigenvalue weighted by Gasteiger charge is 2.28. The molecule has 0 aromatic heterocycles. The van der Waals surface area contributed by atoms with E-state index >= 15 is 0 Å². The molecule has 0 atom stereocenters. The van der Waals surface area contributed by atoms with Crippen LogP contribution in [0.4, 0.5) is 10.1 Å². The molecule has 0 saturated carbocycles. The predicted octanol–water partition coefficient (Wildman–Crippen LogP) is 0.799. The Morgan fingerprint density at radius 3 is 2.44 bits per heavy atom. The maximum absolute atomic E-state index is 13.6. The Labute approximate surface area is 106 Å². The third kappa shape index (κ3) is 3.41. The van der Waals surface area contributed by atoms with Crippen LogP contribution in [0.3, 0.4) is 0 Å². The van der Waals surface area contributed by atoms with E-state index in [9.17, 15) is 17.9 Å². The highest BCUT2D eigenvalue weighted by Crippen LogP contribution is 2.21. The second-order valence-electron chi connectivity index (χ2n) is 4.76. The lowest BCUT2D eigenvalue weighted by atomic mass is 10.1. The van der Waals surface area contributed by atoms with Crippen LogP contribution in [-0.2, 0) is 10.0 Å². The fourth-order valence-corrected chi connectivity index (χ4v) is 2.89. The van der Waals surface area contributed by atoms with E-state index < -0.39 is 26.3 Å². The summed E-state index contributed by atoms with van der Waals surface area (Å²) in [5.41, 5.74) is 4.31. The van der Waals surface area contributed by atoms with Gasteiger partial charge in [-0.05, 0) is 32.0 Å². The van der Waals surface area contributed by atoms with Gasteiger partial charge in [-0.25, -0.2) is 12.8 Å². The van der Waals surface area contributed by atoms with E-state index in [0.717, 1.165) is 16.4 Å². The Kier molecular flexibility index (Phi) is 3.99. The molecule has 18 heavy (non-hydrogen) atoms. The van der Waals surface area contributed by atoms with Crippen molar-refractivity contribution in [3.8, 4) is 0 Å². The van der Waals surface area contributed by atoms with Gasteiger partial charge in [0.25, 0.3) is 0 Å². The maximum atomic E-state index is 13.6. The van der Waals surface area contributed by atoms with Crippen molar-refractivity contribution in [2.24, 2.45) is 0 Å². The van der Waals surface area contributed by atoms with Crippen molar-refractivity contribution < 1.29 is 17.9 Å². The van der Waals surface area contributed by atoms with Gasteiger partial charge in [-0.15, -0.1) is 0 Å². The van der Waals surface area contributed by atoms with E-state index in [2.05, 4.69) is 0 Å². The molecule has 0 amide bonds. The normalized spacial score (nSPS) is 13.0. The van der Waals surface area contributed by atoms with Crippen LogP contribution in [0.15, 0.2) is 23.1 Å². The third-order valence-electron chi connectivity index (χ3n) is 2.25. The average Bonchev–Trinajstić information content (AvgIpc) is 2.13. The van der Waals surface area contributed by atoms with E-state index in [1.54, 1.807) is 0 Å². The summed E-state index contributed by atoms with van der Waals surface area (Å²) in [6.07, 6.45) is 0. The molecule has 0 aliphatic carbocycles. The van der Waals surface area contributed by atoms with Crippen molar-refractivity contribution in [3.05, 3.63) is 24.0 Å². The molecule has 0 radical (unpaired) electrons. The molecule has 0 heterocycles. The summed E-state index contributed by atoms with van der Waals surface area (Å²) >= 11 is 0. The molecule has 0 spiro atoms. The van der Waals surface area contributed by atoms with Crippen LogP contribution in [0.25, 0.3) is 0 Å². The molecule has 7 heteroatoms. The van der Waals surface area contributed by atoms with Gasteiger partial charge in [0.05, 0.1) is 5.60 Å². The van der Waals surface area contributed by atoms with E-state index in [4.69, 9.17) is 5.73 Å². The number of benzene rings is 1. The molecule has 0 saturated heterocycles. The fraction of sp³-hybridized carbons (Fsp3) is 0.455. The zero-order chi connectivity index (χ0) is 14.1. The van der Waals surface area contributed by atoms with Crippen molar-refractivity contribution in [3.63, 3.8) is 0 Å². The lowest BCUT2D eigenvalue weighted by molar-refractivity contribution is 0.0639.